The molecule has 2 unspecified atom stereocenters. The summed E-state index contributed by atoms with van der Waals surface area (Å²) in [6.07, 6.45) is 4.05. The van der Waals surface area contributed by atoms with Gasteiger partial charge < -0.3 is 20.3 Å². The van der Waals surface area contributed by atoms with Gasteiger partial charge in [0.2, 0.25) is 0 Å². The summed E-state index contributed by atoms with van der Waals surface area (Å²) < 4.78 is 5.79. The lowest BCUT2D eigenvalue weighted by Gasteiger charge is -2.23. The summed E-state index contributed by atoms with van der Waals surface area (Å²) in [6, 6.07) is 0. The number of hydrogen-bond donors (Lipinski definition) is 2. The average molecular weight is 327 g/mol. The van der Waals surface area contributed by atoms with E-state index in [9.17, 15) is 0 Å². The van der Waals surface area contributed by atoms with Crippen LogP contribution in [-0.2, 0) is 4.74 Å². The molecule has 0 saturated carbocycles. The van der Waals surface area contributed by atoms with Gasteiger partial charge >= 0.3 is 0 Å². The second-order valence-corrected chi connectivity index (χ2v) is 7.02. The van der Waals surface area contributed by atoms with Crippen molar-refractivity contribution in [2.45, 2.75) is 53.1 Å². The molecule has 0 aromatic heterocycles. The van der Waals surface area contributed by atoms with Crippen LogP contribution in [0.15, 0.2) is 4.99 Å². The highest BCUT2D eigenvalue weighted by atomic mass is 16.5. The third-order valence-corrected chi connectivity index (χ3v) is 4.46. The number of nitrogens with one attached hydrogen (secondary N) is 2. The second kappa shape index (κ2) is 11.7. The van der Waals surface area contributed by atoms with Crippen molar-refractivity contribution in [1.29, 1.82) is 0 Å². The zero-order valence-corrected chi connectivity index (χ0v) is 15.9. The van der Waals surface area contributed by atoms with Gasteiger partial charge in [-0.25, -0.2) is 0 Å². The van der Waals surface area contributed by atoms with Gasteiger partial charge in [0.25, 0.3) is 0 Å². The third-order valence-electron chi connectivity index (χ3n) is 4.46. The summed E-state index contributed by atoms with van der Waals surface area (Å²) in [7, 11) is 1.84. The van der Waals surface area contributed by atoms with Crippen LogP contribution in [0.3, 0.4) is 0 Å². The van der Waals surface area contributed by atoms with Gasteiger partial charge in [-0.3, -0.25) is 4.99 Å². The van der Waals surface area contributed by atoms with Crippen molar-refractivity contribution in [1.82, 2.24) is 15.5 Å². The third kappa shape index (κ3) is 8.56. The molecule has 0 aromatic carbocycles. The van der Waals surface area contributed by atoms with Gasteiger partial charge in [-0.05, 0) is 51.1 Å². The molecule has 5 nitrogen and oxygen atoms in total. The molecule has 0 spiro atoms. The van der Waals surface area contributed by atoms with Crippen LogP contribution in [0.5, 0.6) is 0 Å². The van der Waals surface area contributed by atoms with Crippen molar-refractivity contribution in [3.8, 4) is 0 Å². The fourth-order valence-electron chi connectivity index (χ4n) is 3.12. The number of ether oxygens (including phenoxy) is 1. The first-order chi connectivity index (χ1) is 11.1. The lowest BCUT2D eigenvalue weighted by molar-refractivity contribution is 0.0258. The zero-order valence-electron chi connectivity index (χ0n) is 15.9. The molecule has 0 radical (unpaired) electrons. The Morgan fingerprint density at radius 2 is 1.87 bits per heavy atom. The van der Waals surface area contributed by atoms with Crippen LogP contribution < -0.4 is 10.6 Å². The van der Waals surface area contributed by atoms with Crippen molar-refractivity contribution in [2.24, 2.45) is 16.8 Å². The van der Waals surface area contributed by atoms with Gasteiger partial charge in [0.1, 0.15) is 0 Å². The standard InChI is InChI=1S/C18H38N4O/c1-6-23-17(15(2)3)9-10-20-18(19-5)21-13-16(4)14-22-11-7-8-12-22/h15-17H,6-14H2,1-5H3,(H2,19,20,21). The number of guanidine groups is 1. The van der Waals surface area contributed by atoms with E-state index < -0.39 is 0 Å². The molecular weight excluding hydrogens is 288 g/mol. The topological polar surface area (TPSA) is 48.9 Å². The van der Waals surface area contributed by atoms with Gasteiger partial charge in [0.05, 0.1) is 6.10 Å². The molecule has 5 heteroatoms. The summed E-state index contributed by atoms with van der Waals surface area (Å²) in [5, 5.41) is 6.86. The molecular formula is C18H38N4O. The van der Waals surface area contributed by atoms with E-state index in [-0.39, 0.29) is 0 Å². The summed E-state index contributed by atoms with van der Waals surface area (Å²) in [5.74, 6) is 2.09. The summed E-state index contributed by atoms with van der Waals surface area (Å²) >= 11 is 0. The normalized spacial score (nSPS) is 19.1. The van der Waals surface area contributed by atoms with Crippen LogP contribution in [0.25, 0.3) is 0 Å². The molecule has 1 aliphatic heterocycles. The van der Waals surface area contributed by atoms with Crippen molar-refractivity contribution >= 4 is 5.96 Å². The smallest absolute Gasteiger partial charge is 0.190 e. The van der Waals surface area contributed by atoms with E-state index >= 15 is 0 Å². The maximum absolute atomic E-state index is 5.79. The van der Waals surface area contributed by atoms with E-state index in [2.05, 4.69) is 48.2 Å². The summed E-state index contributed by atoms with van der Waals surface area (Å²) in [5.41, 5.74) is 0. The monoisotopic (exact) mass is 326 g/mol. The Morgan fingerprint density at radius 1 is 1.17 bits per heavy atom. The van der Waals surface area contributed by atoms with Crippen LogP contribution in [-0.4, -0.2) is 63.3 Å². The highest BCUT2D eigenvalue weighted by Crippen LogP contribution is 2.10. The average Bonchev–Trinajstić information content (AvgIpc) is 3.02. The van der Waals surface area contributed by atoms with Gasteiger partial charge in [-0.2, -0.15) is 0 Å². The highest BCUT2D eigenvalue weighted by Gasteiger charge is 2.15. The van der Waals surface area contributed by atoms with Gasteiger partial charge in [0.15, 0.2) is 5.96 Å². The quantitative estimate of drug-likeness (QED) is 0.478. The zero-order chi connectivity index (χ0) is 17.1. The molecule has 136 valence electrons. The number of hydrogen-bond acceptors (Lipinski definition) is 3. The van der Waals surface area contributed by atoms with Crippen molar-refractivity contribution < 1.29 is 4.74 Å². The Labute approximate surface area is 143 Å². The molecule has 2 atom stereocenters. The fraction of sp³-hybridized carbons (Fsp3) is 0.944. The largest absolute Gasteiger partial charge is 0.378 e. The van der Waals surface area contributed by atoms with Crippen molar-refractivity contribution in [2.75, 3.05) is 46.4 Å². The molecule has 1 fully saturated rings. The predicted octanol–water partition coefficient (Wildman–Crippen LogP) is 2.33. The van der Waals surface area contributed by atoms with E-state index in [1.807, 2.05) is 7.05 Å². The maximum atomic E-state index is 5.79. The molecule has 0 aliphatic carbocycles. The van der Waals surface area contributed by atoms with E-state index in [0.29, 0.717) is 17.9 Å². The van der Waals surface area contributed by atoms with E-state index in [0.717, 1.165) is 32.1 Å². The van der Waals surface area contributed by atoms with Crippen molar-refractivity contribution in [3.63, 3.8) is 0 Å². The van der Waals surface area contributed by atoms with Crippen LogP contribution in [0.1, 0.15) is 47.0 Å². The molecule has 0 aromatic rings. The molecule has 1 saturated heterocycles. The van der Waals surface area contributed by atoms with E-state index in [1.165, 1.54) is 32.5 Å². The first-order valence-electron chi connectivity index (χ1n) is 9.35. The van der Waals surface area contributed by atoms with Crippen LogP contribution in [0.4, 0.5) is 0 Å². The highest BCUT2D eigenvalue weighted by molar-refractivity contribution is 5.79. The number of aliphatic imine (C=N–C) groups is 1. The van der Waals surface area contributed by atoms with Gasteiger partial charge in [-0.1, -0.05) is 20.8 Å². The SMILES string of the molecule is CCOC(CCNC(=NC)NCC(C)CN1CCCC1)C(C)C. The summed E-state index contributed by atoms with van der Waals surface area (Å²) in [4.78, 5) is 6.89. The lowest BCUT2D eigenvalue weighted by atomic mass is 10.0. The maximum Gasteiger partial charge on any atom is 0.190 e. The first-order valence-corrected chi connectivity index (χ1v) is 9.35. The van der Waals surface area contributed by atoms with Gasteiger partial charge in [-0.15, -0.1) is 0 Å². The fourth-order valence-corrected chi connectivity index (χ4v) is 3.12. The Bertz CT molecular complexity index is 327. The molecule has 0 amide bonds. The minimum atomic E-state index is 0.319. The van der Waals surface area contributed by atoms with Crippen LogP contribution >= 0.6 is 0 Å². The Kier molecular flexibility index (Phi) is 10.3. The number of likely N-dealkylation sites (tertiary alicyclic amines) is 1. The summed E-state index contributed by atoms with van der Waals surface area (Å²) in [6.45, 7) is 15.2. The number of rotatable bonds is 10. The molecule has 0 bridgehead atoms. The molecule has 1 heterocycles. The van der Waals surface area contributed by atoms with Crippen LogP contribution in [0, 0.1) is 11.8 Å². The Morgan fingerprint density at radius 3 is 2.43 bits per heavy atom. The lowest BCUT2D eigenvalue weighted by Crippen LogP contribution is -2.42. The molecule has 1 aliphatic rings. The minimum Gasteiger partial charge on any atom is -0.378 e. The Hall–Kier alpha value is -0.810. The van der Waals surface area contributed by atoms with Crippen LogP contribution in [0.2, 0.25) is 0 Å². The van der Waals surface area contributed by atoms with Crippen molar-refractivity contribution in [3.05, 3.63) is 0 Å². The first kappa shape index (κ1) is 20.2. The molecule has 23 heavy (non-hydrogen) atoms. The Balaban J connectivity index is 2.20. The van der Waals surface area contributed by atoms with Gasteiger partial charge in [0, 0.05) is 33.3 Å². The number of nitrogens with zero attached hydrogens (tertiary/aromatic N) is 2. The molecule has 2 N–H and O–H groups in total. The van der Waals surface area contributed by atoms with E-state index in [1.54, 1.807) is 0 Å². The van der Waals surface area contributed by atoms with E-state index in [4.69, 9.17) is 4.74 Å². The second-order valence-electron chi connectivity index (χ2n) is 7.02. The predicted molar refractivity (Wildman–Crippen MR) is 99.1 cm³/mol. The minimum absolute atomic E-state index is 0.319. The molecule has 1 rings (SSSR count).